The van der Waals surface area contributed by atoms with Crippen LogP contribution in [0.15, 0.2) is 24.5 Å². The molecule has 2 aliphatic rings. The molecule has 38 heavy (non-hydrogen) atoms. The maximum atomic E-state index is 13.6. The Balaban J connectivity index is 1.50. The van der Waals surface area contributed by atoms with Crippen molar-refractivity contribution >= 4 is 22.8 Å². The summed E-state index contributed by atoms with van der Waals surface area (Å²) in [5.74, 6) is 0.692. The molecule has 10 heteroatoms. The molecule has 1 aliphatic heterocycles. The van der Waals surface area contributed by atoms with Crippen molar-refractivity contribution in [3.8, 4) is 17.0 Å². The molecule has 1 aliphatic carbocycles. The summed E-state index contributed by atoms with van der Waals surface area (Å²) in [5.41, 5.74) is 2.21. The first-order chi connectivity index (χ1) is 18.1. The van der Waals surface area contributed by atoms with Gasteiger partial charge in [-0.15, -0.1) is 0 Å². The van der Waals surface area contributed by atoms with Gasteiger partial charge in [0.15, 0.2) is 0 Å². The largest absolute Gasteiger partial charge is 0.493 e. The zero-order valence-corrected chi connectivity index (χ0v) is 22.1. The molecule has 0 spiro atoms. The van der Waals surface area contributed by atoms with Gasteiger partial charge in [-0.1, -0.05) is 20.8 Å². The second-order valence-corrected chi connectivity index (χ2v) is 11.0. The summed E-state index contributed by atoms with van der Waals surface area (Å²) in [7, 11) is 0. The van der Waals surface area contributed by atoms with Crippen LogP contribution >= 0.6 is 0 Å². The number of aryl methyl sites for hydroxylation is 1. The Morgan fingerprint density at radius 1 is 1.26 bits per heavy atom. The lowest BCUT2D eigenvalue weighted by Crippen LogP contribution is -2.44. The molecule has 3 heterocycles. The van der Waals surface area contributed by atoms with Crippen LogP contribution in [0.4, 0.5) is 8.78 Å². The van der Waals surface area contributed by atoms with Crippen molar-refractivity contribution < 1.29 is 23.1 Å². The predicted octanol–water partition coefficient (Wildman–Crippen LogP) is 5.04. The second-order valence-electron chi connectivity index (χ2n) is 11.0. The molecule has 0 bridgehead atoms. The van der Waals surface area contributed by atoms with Gasteiger partial charge in [0.1, 0.15) is 23.3 Å². The van der Waals surface area contributed by atoms with Crippen LogP contribution in [0.25, 0.3) is 22.3 Å². The summed E-state index contributed by atoms with van der Waals surface area (Å²) in [6.45, 7) is 9.18. The van der Waals surface area contributed by atoms with Crippen molar-refractivity contribution in [1.82, 2.24) is 25.2 Å². The number of halogens is 2. The molecule has 1 aromatic carbocycles. The van der Waals surface area contributed by atoms with Crippen LogP contribution < -0.4 is 10.1 Å². The Hall–Kier alpha value is -3.56. The average molecular weight is 526 g/mol. The first-order valence-corrected chi connectivity index (χ1v) is 13.1. The molecule has 8 nitrogen and oxygen atoms in total. The number of benzene rings is 1. The smallest absolute Gasteiger partial charge is 0.263 e. The molecule has 3 aromatic rings. The Bertz CT molecular complexity index is 1380. The minimum Gasteiger partial charge on any atom is -0.493 e. The lowest BCUT2D eigenvalue weighted by Gasteiger charge is -2.26. The van der Waals surface area contributed by atoms with Crippen LogP contribution in [0.2, 0.25) is 0 Å². The van der Waals surface area contributed by atoms with Crippen molar-refractivity contribution in [3.63, 3.8) is 0 Å². The molecule has 202 valence electrons. The van der Waals surface area contributed by atoms with Crippen molar-refractivity contribution in [2.75, 3.05) is 19.7 Å². The van der Waals surface area contributed by atoms with Gasteiger partial charge in [0.25, 0.3) is 12.3 Å². The van der Waals surface area contributed by atoms with Gasteiger partial charge < -0.3 is 19.9 Å². The highest BCUT2D eigenvalue weighted by Crippen LogP contribution is 2.38. The number of ether oxygens (including phenoxy) is 1. The average Bonchev–Trinajstić information content (AvgIpc) is 3.58. The number of fused-ring (bicyclic) bond motifs is 1. The molecule has 0 unspecified atom stereocenters. The van der Waals surface area contributed by atoms with E-state index in [1.807, 2.05) is 20.8 Å². The molecule has 0 radical (unpaired) electrons. The molecular weight excluding hydrogens is 492 g/mol. The van der Waals surface area contributed by atoms with Crippen LogP contribution in [0.5, 0.6) is 5.75 Å². The third-order valence-corrected chi connectivity index (χ3v) is 7.59. The SMILES string of the molecule is CCC(=O)N1C[C@@H](NC(=O)c2c(C)[nH]c3c(-c4cc(C(F)F)ccc4OCC4CC4)ncnc23)C(C)(C)C1. The number of hydrogen-bond donors (Lipinski definition) is 2. The monoisotopic (exact) mass is 525 g/mol. The zero-order chi connectivity index (χ0) is 27.2. The maximum Gasteiger partial charge on any atom is 0.263 e. The Kier molecular flexibility index (Phi) is 6.83. The molecule has 1 atom stereocenters. The van der Waals surface area contributed by atoms with E-state index in [-0.39, 0.29) is 28.8 Å². The fourth-order valence-corrected chi connectivity index (χ4v) is 5.11. The van der Waals surface area contributed by atoms with Gasteiger partial charge in [-0.3, -0.25) is 9.59 Å². The lowest BCUT2D eigenvalue weighted by atomic mass is 9.87. The normalized spacial score (nSPS) is 18.8. The molecule has 5 rings (SSSR count). The number of aromatic amines is 1. The highest BCUT2D eigenvalue weighted by atomic mass is 19.3. The van der Waals surface area contributed by atoms with Crippen molar-refractivity contribution in [2.24, 2.45) is 11.3 Å². The van der Waals surface area contributed by atoms with Crippen LogP contribution in [-0.2, 0) is 4.79 Å². The molecule has 2 amide bonds. The third-order valence-electron chi connectivity index (χ3n) is 7.59. The summed E-state index contributed by atoms with van der Waals surface area (Å²) >= 11 is 0. The highest BCUT2D eigenvalue weighted by Gasteiger charge is 2.42. The van der Waals surface area contributed by atoms with E-state index in [0.717, 1.165) is 12.8 Å². The van der Waals surface area contributed by atoms with Crippen LogP contribution in [0.3, 0.4) is 0 Å². The summed E-state index contributed by atoms with van der Waals surface area (Å²) in [4.78, 5) is 39.6. The van der Waals surface area contributed by atoms with Crippen LogP contribution in [0.1, 0.15) is 68.1 Å². The first-order valence-electron chi connectivity index (χ1n) is 13.1. The quantitative estimate of drug-likeness (QED) is 0.429. The minimum absolute atomic E-state index is 0.0567. The predicted molar refractivity (Wildman–Crippen MR) is 139 cm³/mol. The number of carbonyl (C=O) groups is 2. The Morgan fingerprint density at radius 2 is 2.03 bits per heavy atom. The fraction of sp³-hybridized carbons (Fsp3) is 0.500. The van der Waals surface area contributed by atoms with E-state index >= 15 is 0 Å². The molecule has 2 fully saturated rings. The van der Waals surface area contributed by atoms with E-state index in [1.54, 1.807) is 17.9 Å². The van der Waals surface area contributed by atoms with Gasteiger partial charge in [0.05, 0.1) is 23.7 Å². The lowest BCUT2D eigenvalue weighted by molar-refractivity contribution is -0.130. The summed E-state index contributed by atoms with van der Waals surface area (Å²) < 4.78 is 33.2. The number of aromatic nitrogens is 3. The van der Waals surface area contributed by atoms with Gasteiger partial charge in [0, 0.05) is 41.7 Å². The van der Waals surface area contributed by atoms with Gasteiger partial charge in [-0.25, -0.2) is 18.7 Å². The van der Waals surface area contributed by atoms with Crippen molar-refractivity contribution in [2.45, 2.75) is 59.4 Å². The third kappa shape index (κ3) is 4.96. The van der Waals surface area contributed by atoms with Crippen LogP contribution in [-0.4, -0.2) is 57.4 Å². The van der Waals surface area contributed by atoms with E-state index < -0.39 is 6.43 Å². The van der Waals surface area contributed by atoms with Gasteiger partial charge in [0.2, 0.25) is 5.91 Å². The van der Waals surface area contributed by atoms with E-state index in [1.165, 1.54) is 18.5 Å². The van der Waals surface area contributed by atoms with Gasteiger partial charge >= 0.3 is 0 Å². The van der Waals surface area contributed by atoms with Crippen molar-refractivity contribution in [3.05, 3.63) is 41.3 Å². The molecule has 1 saturated heterocycles. The molecule has 2 N–H and O–H groups in total. The number of H-pyrrole nitrogens is 1. The summed E-state index contributed by atoms with van der Waals surface area (Å²) in [6.07, 6.45) is 1.29. The number of nitrogens with zero attached hydrogens (tertiary/aromatic N) is 3. The molecule has 2 aromatic heterocycles. The highest BCUT2D eigenvalue weighted by molar-refractivity contribution is 6.09. The number of amides is 2. The Morgan fingerprint density at radius 3 is 2.71 bits per heavy atom. The van der Waals surface area contributed by atoms with Gasteiger partial charge in [-0.2, -0.15) is 0 Å². The Labute approximate surface area is 220 Å². The number of nitrogens with one attached hydrogen (secondary N) is 2. The topological polar surface area (TPSA) is 100 Å². The van der Waals surface area contributed by atoms with E-state index in [9.17, 15) is 18.4 Å². The number of carbonyl (C=O) groups excluding carboxylic acids is 2. The minimum atomic E-state index is -2.65. The molecule has 1 saturated carbocycles. The first kappa shape index (κ1) is 26.1. The van der Waals surface area contributed by atoms with Gasteiger partial charge in [-0.05, 0) is 43.9 Å². The zero-order valence-electron chi connectivity index (χ0n) is 22.1. The van der Waals surface area contributed by atoms with E-state index in [2.05, 4.69) is 20.3 Å². The van der Waals surface area contributed by atoms with E-state index in [4.69, 9.17) is 4.74 Å². The van der Waals surface area contributed by atoms with E-state index in [0.29, 0.717) is 71.3 Å². The summed E-state index contributed by atoms with van der Waals surface area (Å²) in [6, 6.07) is 4.08. The second kappa shape index (κ2) is 9.96. The number of likely N-dealkylation sites (tertiary alicyclic amines) is 1. The maximum absolute atomic E-state index is 13.6. The standard InChI is InChI=1S/C28H33F2N5O3/c1-5-21(36)35-11-20(28(3,4)13-35)34-27(37)22-15(2)33-25-23(31-14-32-24(22)25)18-10-17(26(29)30)8-9-19(18)38-12-16-6-7-16/h8-10,14,16,20,26,33H,5-7,11-13H2,1-4H3,(H,34,37)/t20-/m1/s1. The number of rotatable bonds is 8. The van der Waals surface area contributed by atoms with Crippen LogP contribution in [0, 0.1) is 18.3 Å². The van der Waals surface area contributed by atoms with Crippen molar-refractivity contribution in [1.29, 1.82) is 0 Å². The summed E-state index contributed by atoms with van der Waals surface area (Å²) in [5, 5.41) is 3.11. The molecular formula is C28H33F2N5O3. The number of alkyl halides is 2. The fourth-order valence-electron chi connectivity index (χ4n) is 5.11. The number of hydrogen-bond acceptors (Lipinski definition) is 5.